The Bertz CT molecular complexity index is 2390. The summed E-state index contributed by atoms with van der Waals surface area (Å²) < 4.78 is 63.5. The highest BCUT2D eigenvalue weighted by molar-refractivity contribution is 6.99. The largest absolute Gasteiger partial charge is 0.490 e. The summed E-state index contributed by atoms with van der Waals surface area (Å²) in [6, 6.07) is 17.3. The minimum absolute atomic E-state index is 0.0624. The van der Waals surface area contributed by atoms with Crippen LogP contribution >= 0.6 is 11.7 Å². The van der Waals surface area contributed by atoms with Crippen LogP contribution in [0.2, 0.25) is 0 Å². The maximum absolute atomic E-state index is 13.6. The highest BCUT2D eigenvalue weighted by atomic mass is 32.1. The molecule has 1 aliphatic rings. The van der Waals surface area contributed by atoms with Crippen LogP contribution in [0.4, 0.5) is 14.6 Å². The van der Waals surface area contributed by atoms with Crippen molar-refractivity contribution in [2.75, 3.05) is 57.6 Å². The van der Waals surface area contributed by atoms with E-state index in [4.69, 9.17) is 28.8 Å². The quantitative estimate of drug-likeness (QED) is 0.0990. The molecule has 3 N–H and O–H groups in total. The Labute approximate surface area is 332 Å². The summed E-state index contributed by atoms with van der Waals surface area (Å²) in [7, 11) is 0. The van der Waals surface area contributed by atoms with Crippen molar-refractivity contribution in [1.29, 1.82) is 0 Å². The van der Waals surface area contributed by atoms with Crippen molar-refractivity contribution in [2.24, 2.45) is 0 Å². The van der Waals surface area contributed by atoms with Crippen molar-refractivity contribution in [3.05, 3.63) is 101 Å². The van der Waals surface area contributed by atoms with E-state index in [9.17, 15) is 33.4 Å². The number of nitrogens with zero attached hydrogens (tertiary/aromatic N) is 5. The molecule has 58 heavy (non-hydrogen) atoms. The molecule has 0 aliphatic carbocycles. The van der Waals surface area contributed by atoms with Gasteiger partial charge in [0.25, 0.3) is 5.88 Å². The molecule has 4 heterocycles. The fourth-order valence-corrected chi connectivity index (χ4v) is 6.15. The van der Waals surface area contributed by atoms with E-state index in [1.54, 1.807) is 24.3 Å². The van der Waals surface area contributed by atoms with Crippen LogP contribution in [0.25, 0.3) is 21.8 Å². The van der Waals surface area contributed by atoms with Crippen LogP contribution < -0.4 is 23.8 Å². The Morgan fingerprint density at radius 1 is 0.690 bits per heavy atom. The Morgan fingerprint density at radius 2 is 1.22 bits per heavy atom. The molecule has 6 aromatic rings. The number of rotatable bonds is 16. The van der Waals surface area contributed by atoms with Crippen LogP contribution in [0.3, 0.4) is 0 Å². The number of anilines is 1. The van der Waals surface area contributed by atoms with Crippen LogP contribution in [-0.4, -0.2) is 105 Å². The molecule has 0 unspecified atom stereocenters. The first-order valence-corrected chi connectivity index (χ1v) is 18.4. The Balaban J connectivity index is 0.000000196. The highest BCUT2D eigenvalue weighted by Crippen LogP contribution is 2.29. The van der Waals surface area contributed by atoms with Gasteiger partial charge in [-0.2, -0.15) is 4.37 Å². The van der Waals surface area contributed by atoms with E-state index in [0.717, 1.165) is 17.3 Å². The molecule has 1 saturated heterocycles. The van der Waals surface area contributed by atoms with Crippen molar-refractivity contribution in [3.8, 4) is 23.1 Å². The SMILES string of the molecule is O=C(O)CCc1ccc(OCCOc2cc(C(=O)O)nc3ccc(F)cc23)cc1.O=C(O)c1cc(OCCOc2nsnc2N2CCOCC2)c2cc(F)ccc2n1. The zero-order chi connectivity index (χ0) is 41.0. The molecule has 1 aliphatic heterocycles. The number of morpholine rings is 1. The molecule has 0 saturated carbocycles. The standard InChI is InChI=1S/C21H18FNO6.C18H17FN4O5S/c22-14-4-7-17-16(11-14)19(12-18(23-17)21(26)27)29-10-9-28-15-5-1-13(2-6-15)3-8-20(24)25;19-11-1-2-13-12(9-11)15(10-14(20-13)18(24)25)27-7-8-28-17-16(21-29-22-17)23-3-5-26-6-4-23/h1-2,4-7,11-12H,3,8-10H2,(H,24,25)(H,26,27);1-2,9-10H,3-8H2,(H,24,25). The molecule has 3 aromatic heterocycles. The molecule has 19 heteroatoms. The second-order valence-corrected chi connectivity index (χ2v) is 12.9. The van der Waals surface area contributed by atoms with E-state index in [0.29, 0.717) is 72.0 Å². The number of aryl methyl sites for hydroxylation is 1. The first-order valence-electron chi connectivity index (χ1n) is 17.7. The first-order chi connectivity index (χ1) is 28.0. The van der Waals surface area contributed by atoms with E-state index >= 15 is 0 Å². The van der Waals surface area contributed by atoms with Gasteiger partial charge in [0, 0.05) is 42.4 Å². The van der Waals surface area contributed by atoms with Gasteiger partial charge in [-0.05, 0) is 60.5 Å². The zero-order valence-corrected chi connectivity index (χ0v) is 31.3. The van der Waals surface area contributed by atoms with Gasteiger partial charge in [0.15, 0.2) is 11.4 Å². The van der Waals surface area contributed by atoms with Gasteiger partial charge in [0.2, 0.25) is 5.82 Å². The molecule has 0 atom stereocenters. The van der Waals surface area contributed by atoms with Crippen LogP contribution in [0, 0.1) is 11.6 Å². The monoisotopic (exact) mass is 819 g/mol. The third-order valence-corrected chi connectivity index (χ3v) is 8.90. The number of aromatic nitrogens is 4. The fourth-order valence-electron chi connectivity index (χ4n) is 5.63. The smallest absolute Gasteiger partial charge is 0.354 e. The van der Waals surface area contributed by atoms with Gasteiger partial charge in [0.05, 0.1) is 36.0 Å². The lowest BCUT2D eigenvalue weighted by atomic mass is 10.1. The molecule has 1 fully saturated rings. The summed E-state index contributed by atoms with van der Waals surface area (Å²) >= 11 is 1.06. The van der Waals surface area contributed by atoms with Crippen LogP contribution in [0.15, 0.2) is 72.8 Å². The van der Waals surface area contributed by atoms with E-state index < -0.39 is 29.5 Å². The lowest BCUT2D eigenvalue weighted by Gasteiger charge is -2.26. The summed E-state index contributed by atoms with van der Waals surface area (Å²) in [6.07, 6.45) is 0.503. The third-order valence-electron chi connectivity index (χ3n) is 8.40. The molecule has 0 amide bonds. The summed E-state index contributed by atoms with van der Waals surface area (Å²) in [6.45, 7) is 3.22. The molecule has 16 nitrogen and oxygen atoms in total. The number of hydrogen-bond donors (Lipinski definition) is 3. The second-order valence-electron chi connectivity index (χ2n) is 12.4. The van der Waals surface area contributed by atoms with Gasteiger partial charge >= 0.3 is 17.9 Å². The summed E-state index contributed by atoms with van der Waals surface area (Å²) in [5, 5.41) is 27.9. The zero-order valence-electron chi connectivity index (χ0n) is 30.5. The average molecular weight is 820 g/mol. The van der Waals surface area contributed by atoms with Gasteiger partial charge < -0.3 is 43.9 Å². The van der Waals surface area contributed by atoms with E-state index in [1.807, 2.05) is 4.90 Å². The first kappa shape index (κ1) is 40.9. The molecule has 3 aromatic carbocycles. The van der Waals surface area contributed by atoms with Crippen molar-refractivity contribution in [2.45, 2.75) is 12.8 Å². The van der Waals surface area contributed by atoms with Crippen molar-refractivity contribution >= 4 is 57.3 Å². The Morgan fingerprint density at radius 3 is 1.76 bits per heavy atom. The molecular formula is C39H35F2N5O11S. The number of carbonyl (C=O) groups is 3. The number of ether oxygens (including phenoxy) is 5. The van der Waals surface area contributed by atoms with Crippen LogP contribution in [-0.2, 0) is 16.0 Å². The number of carboxylic acids is 3. The average Bonchev–Trinajstić information content (AvgIpc) is 3.69. The Kier molecular flexibility index (Phi) is 13.7. The third kappa shape index (κ3) is 11.0. The maximum atomic E-state index is 13.6. The lowest BCUT2D eigenvalue weighted by molar-refractivity contribution is -0.136. The molecule has 302 valence electrons. The van der Waals surface area contributed by atoms with E-state index in [1.165, 1.54) is 48.5 Å². The predicted molar refractivity (Wildman–Crippen MR) is 205 cm³/mol. The normalized spacial score (nSPS) is 12.4. The maximum Gasteiger partial charge on any atom is 0.354 e. The number of halogens is 2. The number of carboxylic acid groups (broad SMARTS) is 3. The number of hydrogen-bond acceptors (Lipinski definition) is 14. The number of benzene rings is 3. The molecular weight excluding hydrogens is 785 g/mol. The topological polar surface area (TPSA) is 213 Å². The molecule has 7 rings (SSSR count). The number of aromatic carboxylic acids is 2. The van der Waals surface area contributed by atoms with Crippen LogP contribution in [0.5, 0.6) is 23.1 Å². The van der Waals surface area contributed by atoms with Crippen molar-refractivity contribution in [1.82, 2.24) is 18.7 Å². The van der Waals surface area contributed by atoms with Gasteiger partial charge in [-0.1, -0.05) is 12.1 Å². The van der Waals surface area contributed by atoms with Gasteiger partial charge in [-0.15, -0.1) is 4.37 Å². The van der Waals surface area contributed by atoms with Gasteiger partial charge in [-0.25, -0.2) is 28.3 Å². The molecule has 0 radical (unpaired) electrons. The number of fused-ring (bicyclic) bond motifs is 2. The minimum atomic E-state index is -1.21. The summed E-state index contributed by atoms with van der Waals surface area (Å²) in [5.41, 5.74) is 1.16. The predicted octanol–water partition coefficient (Wildman–Crippen LogP) is 5.77. The number of pyridine rings is 2. The van der Waals surface area contributed by atoms with Crippen molar-refractivity contribution in [3.63, 3.8) is 0 Å². The van der Waals surface area contributed by atoms with E-state index in [2.05, 4.69) is 18.7 Å². The molecule has 0 bridgehead atoms. The summed E-state index contributed by atoms with van der Waals surface area (Å²) in [5.74, 6) is -2.10. The molecule has 0 spiro atoms. The minimum Gasteiger partial charge on any atom is -0.490 e. The van der Waals surface area contributed by atoms with Crippen LogP contribution in [0.1, 0.15) is 33.0 Å². The lowest BCUT2D eigenvalue weighted by Crippen LogP contribution is -2.36. The Hall–Kier alpha value is -6.73. The summed E-state index contributed by atoms with van der Waals surface area (Å²) in [4.78, 5) is 43.1. The number of aliphatic carboxylic acids is 1. The second kappa shape index (κ2) is 19.4. The fraction of sp³-hybridized carbons (Fsp3) is 0.256. The highest BCUT2D eigenvalue weighted by Gasteiger charge is 2.20. The van der Waals surface area contributed by atoms with Crippen molar-refractivity contribution < 1.29 is 62.2 Å². The van der Waals surface area contributed by atoms with Gasteiger partial charge in [-0.3, -0.25) is 4.79 Å². The van der Waals surface area contributed by atoms with Gasteiger partial charge in [0.1, 0.15) is 55.3 Å². The van der Waals surface area contributed by atoms with E-state index in [-0.39, 0.29) is 55.7 Å².